The first kappa shape index (κ1) is 12.5. The van der Waals surface area contributed by atoms with Crippen LogP contribution in [0.15, 0.2) is 36.4 Å². The number of aromatic nitrogens is 1. The summed E-state index contributed by atoms with van der Waals surface area (Å²) >= 11 is 0. The van der Waals surface area contributed by atoms with Gasteiger partial charge in [-0.15, -0.1) is 0 Å². The molecule has 0 aliphatic rings. The third-order valence-electron chi connectivity index (χ3n) is 2.57. The molecule has 0 bridgehead atoms. The fraction of sp³-hybridized carbons (Fsp3) is 0.286. The molecule has 1 aromatic carbocycles. The van der Waals surface area contributed by atoms with Crippen LogP contribution in [0.1, 0.15) is 17.4 Å². The first-order chi connectivity index (χ1) is 8.81. The summed E-state index contributed by atoms with van der Waals surface area (Å²) in [5, 5.41) is 3.80. The van der Waals surface area contributed by atoms with E-state index in [4.69, 9.17) is 4.74 Å². The van der Waals surface area contributed by atoms with Crippen LogP contribution in [0.5, 0.6) is 0 Å². The summed E-state index contributed by atoms with van der Waals surface area (Å²) in [6, 6.07) is 11.4. The molecule has 0 aliphatic heterocycles. The fourth-order valence-electron chi connectivity index (χ4n) is 1.66. The van der Waals surface area contributed by atoms with E-state index in [9.17, 15) is 4.79 Å². The topological polar surface area (TPSA) is 51.2 Å². The average molecular weight is 244 g/mol. The van der Waals surface area contributed by atoms with Crippen molar-refractivity contribution in [3.8, 4) is 0 Å². The van der Waals surface area contributed by atoms with Crippen molar-refractivity contribution < 1.29 is 9.53 Å². The molecule has 2 rings (SSSR count). The molecule has 1 heterocycles. The minimum atomic E-state index is -0.166. The number of ether oxygens (including phenoxy) is 1. The van der Waals surface area contributed by atoms with Crippen LogP contribution >= 0.6 is 0 Å². The van der Waals surface area contributed by atoms with Crippen molar-refractivity contribution >= 4 is 16.8 Å². The molecular formula is C14H16N2O2. The van der Waals surface area contributed by atoms with Crippen LogP contribution in [0.3, 0.4) is 0 Å². The van der Waals surface area contributed by atoms with Gasteiger partial charge in [-0.2, -0.15) is 0 Å². The summed E-state index contributed by atoms with van der Waals surface area (Å²) < 4.78 is 5.15. The molecule has 94 valence electrons. The lowest BCUT2D eigenvalue weighted by molar-refractivity contribution is 0.0918. The van der Waals surface area contributed by atoms with Crippen molar-refractivity contribution in [1.82, 2.24) is 10.3 Å². The van der Waals surface area contributed by atoms with Crippen LogP contribution in [0, 0.1) is 0 Å². The molecule has 0 radical (unpaired) electrons. The smallest absolute Gasteiger partial charge is 0.269 e. The van der Waals surface area contributed by atoms with E-state index in [0.29, 0.717) is 25.5 Å². The van der Waals surface area contributed by atoms with Gasteiger partial charge in [0.1, 0.15) is 5.69 Å². The van der Waals surface area contributed by atoms with Gasteiger partial charge in [-0.1, -0.05) is 24.3 Å². The molecule has 0 aliphatic carbocycles. The predicted octanol–water partition coefficient (Wildman–Crippen LogP) is 2.00. The molecule has 0 saturated heterocycles. The Morgan fingerprint density at radius 1 is 1.28 bits per heavy atom. The van der Waals surface area contributed by atoms with Gasteiger partial charge in [-0.05, 0) is 19.1 Å². The number of hydrogen-bond donors (Lipinski definition) is 1. The number of rotatable bonds is 5. The Labute approximate surface area is 106 Å². The zero-order valence-corrected chi connectivity index (χ0v) is 10.3. The molecule has 4 nitrogen and oxygen atoms in total. The van der Waals surface area contributed by atoms with Crippen LogP contribution in [-0.2, 0) is 4.74 Å². The van der Waals surface area contributed by atoms with E-state index >= 15 is 0 Å². The van der Waals surface area contributed by atoms with Gasteiger partial charge in [0.25, 0.3) is 5.91 Å². The second kappa shape index (κ2) is 6.12. The van der Waals surface area contributed by atoms with Gasteiger partial charge in [0, 0.05) is 18.5 Å². The Morgan fingerprint density at radius 2 is 2.11 bits per heavy atom. The van der Waals surface area contributed by atoms with E-state index in [-0.39, 0.29) is 5.91 Å². The molecule has 2 aromatic rings. The second-order valence-electron chi connectivity index (χ2n) is 3.84. The number of pyridine rings is 1. The number of benzene rings is 1. The van der Waals surface area contributed by atoms with Crippen LogP contribution < -0.4 is 5.32 Å². The SMILES string of the molecule is CCOCCNC(=O)c1ccc2ccccc2n1. The summed E-state index contributed by atoms with van der Waals surface area (Å²) in [6.45, 7) is 3.60. The van der Waals surface area contributed by atoms with Crippen molar-refractivity contribution in [2.75, 3.05) is 19.8 Å². The number of amides is 1. The summed E-state index contributed by atoms with van der Waals surface area (Å²) in [5.41, 5.74) is 1.26. The minimum Gasteiger partial charge on any atom is -0.380 e. The van der Waals surface area contributed by atoms with Crippen molar-refractivity contribution in [3.63, 3.8) is 0 Å². The molecule has 0 saturated carbocycles. The fourth-order valence-corrected chi connectivity index (χ4v) is 1.66. The molecule has 0 fully saturated rings. The second-order valence-corrected chi connectivity index (χ2v) is 3.84. The Kier molecular flexibility index (Phi) is 4.25. The predicted molar refractivity (Wildman–Crippen MR) is 70.6 cm³/mol. The van der Waals surface area contributed by atoms with Gasteiger partial charge in [0.2, 0.25) is 0 Å². The molecule has 1 N–H and O–H groups in total. The Hall–Kier alpha value is -1.94. The number of nitrogens with zero attached hydrogens (tertiary/aromatic N) is 1. The molecule has 4 heteroatoms. The lowest BCUT2D eigenvalue weighted by Crippen LogP contribution is -2.27. The van der Waals surface area contributed by atoms with Gasteiger partial charge in [-0.3, -0.25) is 4.79 Å². The van der Waals surface area contributed by atoms with Crippen molar-refractivity contribution in [2.45, 2.75) is 6.92 Å². The van der Waals surface area contributed by atoms with Crippen LogP contribution in [0.25, 0.3) is 10.9 Å². The minimum absolute atomic E-state index is 0.166. The number of hydrogen-bond acceptors (Lipinski definition) is 3. The largest absolute Gasteiger partial charge is 0.380 e. The van der Waals surface area contributed by atoms with Gasteiger partial charge < -0.3 is 10.1 Å². The summed E-state index contributed by atoms with van der Waals surface area (Å²) in [5.74, 6) is -0.166. The zero-order valence-electron chi connectivity index (χ0n) is 10.3. The summed E-state index contributed by atoms with van der Waals surface area (Å²) in [4.78, 5) is 16.1. The van der Waals surface area contributed by atoms with E-state index < -0.39 is 0 Å². The Morgan fingerprint density at radius 3 is 2.94 bits per heavy atom. The molecule has 1 aromatic heterocycles. The first-order valence-corrected chi connectivity index (χ1v) is 6.03. The molecular weight excluding hydrogens is 228 g/mol. The van der Waals surface area contributed by atoms with Gasteiger partial charge >= 0.3 is 0 Å². The van der Waals surface area contributed by atoms with E-state index in [1.165, 1.54) is 0 Å². The van der Waals surface area contributed by atoms with Crippen molar-refractivity contribution in [3.05, 3.63) is 42.1 Å². The first-order valence-electron chi connectivity index (χ1n) is 6.03. The van der Waals surface area contributed by atoms with E-state index in [0.717, 1.165) is 10.9 Å². The maximum atomic E-state index is 11.8. The Balaban J connectivity index is 2.04. The lowest BCUT2D eigenvalue weighted by atomic mass is 10.2. The monoisotopic (exact) mass is 244 g/mol. The van der Waals surface area contributed by atoms with E-state index in [1.807, 2.05) is 37.3 Å². The standard InChI is InChI=1S/C14H16N2O2/c1-2-18-10-9-15-14(17)13-8-7-11-5-3-4-6-12(11)16-13/h3-8H,2,9-10H2,1H3,(H,15,17). The molecule has 0 atom stereocenters. The lowest BCUT2D eigenvalue weighted by Gasteiger charge is -2.05. The Bertz CT molecular complexity index is 540. The molecule has 0 unspecified atom stereocenters. The van der Waals surface area contributed by atoms with Crippen LogP contribution in [0.4, 0.5) is 0 Å². The summed E-state index contributed by atoms with van der Waals surface area (Å²) in [7, 11) is 0. The van der Waals surface area contributed by atoms with Gasteiger partial charge in [0.05, 0.1) is 12.1 Å². The average Bonchev–Trinajstić information content (AvgIpc) is 2.43. The highest BCUT2D eigenvalue weighted by Gasteiger charge is 2.06. The highest BCUT2D eigenvalue weighted by molar-refractivity contribution is 5.94. The van der Waals surface area contributed by atoms with Gasteiger partial charge in [0.15, 0.2) is 0 Å². The quantitative estimate of drug-likeness (QED) is 0.818. The number of carbonyl (C=O) groups is 1. The third-order valence-corrected chi connectivity index (χ3v) is 2.57. The molecule has 0 spiro atoms. The molecule has 1 amide bonds. The maximum absolute atomic E-state index is 11.8. The third kappa shape index (κ3) is 3.05. The number of nitrogens with one attached hydrogen (secondary N) is 1. The van der Waals surface area contributed by atoms with E-state index in [1.54, 1.807) is 6.07 Å². The number of fused-ring (bicyclic) bond motifs is 1. The van der Waals surface area contributed by atoms with E-state index in [2.05, 4.69) is 10.3 Å². The molecule has 18 heavy (non-hydrogen) atoms. The zero-order chi connectivity index (χ0) is 12.8. The highest BCUT2D eigenvalue weighted by Crippen LogP contribution is 2.11. The number of para-hydroxylation sites is 1. The van der Waals surface area contributed by atoms with Gasteiger partial charge in [-0.25, -0.2) is 4.98 Å². The normalized spacial score (nSPS) is 10.5. The maximum Gasteiger partial charge on any atom is 0.269 e. The summed E-state index contributed by atoms with van der Waals surface area (Å²) in [6.07, 6.45) is 0. The van der Waals surface area contributed by atoms with Crippen LogP contribution in [0.2, 0.25) is 0 Å². The van der Waals surface area contributed by atoms with Crippen molar-refractivity contribution in [2.24, 2.45) is 0 Å². The highest BCUT2D eigenvalue weighted by atomic mass is 16.5. The van der Waals surface area contributed by atoms with Crippen LogP contribution in [-0.4, -0.2) is 30.6 Å². The van der Waals surface area contributed by atoms with Crippen molar-refractivity contribution in [1.29, 1.82) is 0 Å². The number of carbonyl (C=O) groups excluding carboxylic acids is 1.